The number of carbonyl (C=O) groups is 1. The topological polar surface area (TPSA) is 54.3 Å². The molecule has 1 saturated heterocycles. The van der Waals surface area contributed by atoms with Crippen LogP contribution in [0.25, 0.3) is 10.9 Å². The van der Waals surface area contributed by atoms with Gasteiger partial charge in [-0.3, -0.25) is 9.59 Å². The Bertz CT molecular complexity index is 923. The second-order valence-corrected chi connectivity index (χ2v) is 7.31. The minimum Gasteiger partial charge on any atom is -0.343 e. The molecule has 5 nitrogen and oxygen atoms in total. The highest BCUT2D eigenvalue weighted by Gasteiger charge is 2.29. The Kier molecular flexibility index (Phi) is 4.04. The molecular formula is C18H19ClFN3O2. The van der Waals surface area contributed by atoms with E-state index in [9.17, 15) is 14.0 Å². The molecule has 2 fully saturated rings. The number of aromatic nitrogens is 1. The maximum absolute atomic E-state index is 13.9. The van der Waals surface area contributed by atoms with Crippen molar-refractivity contribution in [2.45, 2.75) is 31.8 Å². The predicted molar refractivity (Wildman–Crippen MR) is 94.8 cm³/mol. The highest BCUT2D eigenvalue weighted by Crippen LogP contribution is 2.37. The lowest BCUT2D eigenvalue weighted by molar-refractivity contribution is 0.0707. The van der Waals surface area contributed by atoms with Gasteiger partial charge < -0.3 is 14.8 Å². The molecule has 0 bridgehead atoms. The largest absolute Gasteiger partial charge is 0.343 e. The summed E-state index contributed by atoms with van der Waals surface area (Å²) < 4.78 is 15.8. The summed E-state index contributed by atoms with van der Waals surface area (Å²) in [7, 11) is 0. The van der Waals surface area contributed by atoms with Gasteiger partial charge in [-0.15, -0.1) is 0 Å². The van der Waals surface area contributed by atoms with Crippen molar-refractivity contribution in [3.05, 3.63) is 45.0 Å². The highest BCUT2D eigenvalue weighted by molar-refractivity contribution is 6.31. The first kappa shape index (κ1) is 16.5. The van der Waals surface area contributed by atoms with E-state index >= 15 is 0 Å². The van der Waals surface area contributed by atoms with E-state index in [4.69, 9.17) is 11.6 Å². The zero-order chi connectivity index (χ0) is 17.7. The van der Waals surface area contributed by atoms with Gasteiger partial charge in [0, 0.05) is 43.3 Å². The number of benzene rings is 1. The van der Waals surface area contributed by atoms with Crippen LogP contribution in [0.1, 0.15) is 36.2 Å². The van der Waals surface area contributed by atoms with E-state index in [-0.39, 0.29) is 34.0 Å². The van der Waals surface area contributed by atoms with Crippen LogP contribution < -0.4 is 10.7 Å². The van der Waals surface area contributed by atoms with Gasteiger partial charge in [-0.2, -0.15) is 0 Å². The van der Waals surface area contributed by atoms with Crippen LogP contribution in [-0.2, 0) is 0 Å². The molecule has 2 aromatic rings. The van der Waals surface area contributed by atoms with Crippen molar-refractivity contribution in [1.29, 1.82) is 0 Å². The molecule has 25 heavy (non-hydrogen) atoms. The predicted octanol–water partition coefficient (Wildman–Crippen LogP) is 2.56. The first-order valence-electron chi connectivity index (χ1n) is 8.52. The number of piperazine rings is 1. The van der Waals surface area contributed by atoms with Crippen molar-refractivity contribution in [3.63, 3.8) is 0 Å². The number of hydrogen-bond donors (Lipinski definition) is 1. The van der Waals surface area contributed by atoms with E-state index in [1.165, 1.54) is 6.07 Å². The number of halogens is 2. The van der Waals surface area contributed by atoms with Crippen LogP contribution in [0.3, 0.4) is 0 Å². The lowest BCUT2D eigenvalue weighted by Gasteiger charge is -2.32. The number of carbonyl (C=O) groups excluding carboxylic acids is 1. The van der Waals surface area contributed by atoms with Gasteiger partial charge in [-0.05, 0) is 31.9 Å². The minimum absolute atomic E-state index is 0.0173. The van der Waals surface area contributed by atoms with E-state index < -0.39 is 11.2 Å². The Hall–Kier alpha value is -1.92. The summed E-state index contributed by atoms with van der Waals surface area (Å²) in [6.07, 6.45) is 3.59. The normalized spacial score (nSPS) is 20.9. The van der Waals surface area contributed by atoms with Gasteiger partial charge in [-0.1, -0.05) is 11.6 Å². The summed E-state index contributed by atoms with van der Waals surface area (Å²) in [5.41, 5.74) is 0.262. The fourth-order valence-corrected chi connectivity index (χ4v) is 3.60. The van der Waals surface area contributed by atoms with Gasteiger partial charge in [0.2, 0.25) is 5.43 Å². The SMILES string of the molecule is C[C@@H]1CN(C(=O)c2cn(C3CC3)c3cc(Cl)c(F)cc3c2=O)CCN1. The van der Waals surface area contributed by atoms with Crippen molar-refractivity contribution in [3.8, 4) is 0 Å². The number of nitrogens with zero attached hydrogens (tertiary/aromatic N) is 2. The summed E-state index contributed by atoms with van der Waals surface area (Å²) in [5.74, 6) is -0.931. The molecule has 132 valence electrons. The zero-order valence-corrected chi connectivity index (χ0v) is 14.6. The second kappa shape index (κ2) is 6.11. The van der Waals surface area contributed by atoms with E-state index in [1.54, 1.807) is 11.1 Å². The van der Waals surface area contributed by atoms with Crippen molar-refractivity contribution < 1.29 is 9.18 Å². The second-order valence-electron chi connectivity index (χ2n) is 6.90. The molecule has 2 heterocycles. The number of hydrogen-bond acceptors (Lipinski definition) is 3. The molecule has 1 N–H and O–H groups in total. The lowest BCUT2D eigenvalue weighted by atomic mass is 10.1. The summed E-state index contributed by atoms with van der Waals surface area (Å²) in [4.78, 5) is 27.5. The third-order valence-electron chi connectivity index (χ3n) is 4.90. The first-order valence-corrected chi connectivity index (χ1v) is 8.90. The van der Waals surface area contributed by atoms with Crippen molar-refractivity contribution in [2.24, 2.45) is 0 Å². The molecule has 2 aliphatic rings. The number of pyridine rings is 1. The van der Waals surface area contributed by atoms with Gasteiger partial charge in [0.25, 0.3) is 5.91 Å². The lowest BCUT2D eigenvalue weighted by Crippen LogP contribution is -2.52. The quantitative estimate of drug-likeness (QED) is 0.892. The zero-order valence-electron chi connectivity index (χ0n) is 13.9. The molecular weight excluding hydrogens is 345 g/mol. The monoisotopic (exact) mass is 363 g/mol. The van der Waals surface area contributed by atoms with Crippen LogP contribution in [-0.4, -0.2) is 41.1 Å². The Morgan fingerprint density at radius 2 is 2.12 bits per heavy atom. The Morgan fingerprint density at radius 3 is 2.80 bits per heavy atom. The third kappa shape index (κ3) is 2.93. The summed E-state index contributed by atoms with van der Waals surface area (Å²) >= 11 is 5.90. The van der Waals surface area contributed by atoms with Crippen LogP contribution in [0.5, 0.6) is 0 Å². The van der Waals surface area contributed by atoms with Crippen molar-refractivity contribution in [1.82, 2.24) is 14.8 Å². The maximum Gasteiger partial charge on any atom is 0.259 e. The number of amides is 1. The number of nitrogens with one attached hydrogen (secondary N) is 1. The van der Waals surface area contributed by atoms with Crippen LogP contribution >= 0.6 is 11.6 Å². The van der Waals surface area contributed by atoms with Gasteiger partial charge >= 0.3 is 0 Å². The Morgan fingerprint density at radius 1 is 1.36 bits per heavy atom. The molecule has 4 rings (SSSR count). The Balaban J connectivity index is 1.86. The van der Waals surface area contributed by atoms with Gasteiger partial charge in [0.05, 0.1) is 10.5 Å². The molecule has 1 saturated carbocycles. The molecule has 1 aromatic heterocycles. The molecule has 1 aromatic carbocycles. The molecule has 0 radical (unpaired) electrons. The molecule has 1 atom stereocenters. The molecule has 1 amide bonds. The van der Waals surface area contributed by atoms with E-state index in [0.717, 1.165) is 18.9 Å². The smallest absolute Gasteiger partial charge is 0.259 e. The van der Waals surface area contributed by atoms with Crippen LogP contribution in [0.2, 0.25) is 5.02 Å². The fourth-order valence-electron chi connectivity index (χ4n) is 3.44. The van der Waals surface area contributed by atoms with E-state index in [2.05, 4.69) is 5.32 Å². The van der Waals surface area contributed by atoms with Crippen molar-refractivity contribution >= 4 is 28.4 Å². The van der Waals surface area contributed by atoms with Gasteiger partial charge in [-0.25, -0.2) is 4.39 Å². The highest BCUT2D eigenvalue weighted by atomic mass is 35.5. The molecule has 7 heteroatoms. The minimum atomic E-state index is -0.644. The van der Waals surface area contributed by atoms with Crippen LogP contribution in [0, 0.1) is 5.82 Å². The van der Waals surface area contributed by atoms with E-state index in [1.807, 2.05) is 11.5 Å². The average molecular weight is 364 g/mol. The first-order chi connectivity index (χ1) is 12.0. The van der Waals surface area contributed by atoms with Gasteiger partial charge in [0.1, 0.15) is 11.4 Å². The van der Waals surface area contributed by atoms with Crippen LogP contribution in [0.4, 0.5) is 4.39 Å². The number of rotatable bonds is 2. The summed E-state index contributed by atoms with van der Waals surface area (Å²) in [5, 5.41) is 3.47. The molecule has 1 aliphatic heterocycles. The molecule has 0 unspecified atom stereocenters. The summed E-state index contributed by atoms with van der Waals surface area (Å²) in [6, 6.07) is 3.04. The molecule has 0 spiro atoms. The van der Waals surface area contributed by atoms with E-state index in [0.29, 0.717) is 25.2 Å². The van der Waals surface area contributed by atoms with Crippen molar-refractivity contribution in [2.75, 3.05) is 19.6 Å². The fraction of sp³-hybridized carbons (Fsp3) is 0.444. The average Bonchev–Trinajstić information content (AvgIpc) is 3.41. The molecule has 1 aliphatic carbocycles. The standard InChI is InChI=1S/C18H19ClFN3O2/c1-10-8-22(5-4-21-10)18(25)13-9-23(11-2-3-11)16-7-14(19)15(20)6-12(16)17(13)24/h6-7,9-11,21H,2-5,8H2,1H3/t10-/m1/s1. The Labute approximate surface area is 149 Å². The van der Waals surface area contributed by atoms with Crippen LogP contribution in [0.15, 0.2) is 23.1 Å². The number of fused-ring (bicyclic) bond motifs is 1. The van der Waals surface area contributed by atoms with Gasteiger partial charge in [0.15, 0.2) is 0 Å². The third-order valence-corrected chi connectivity index (χ3v) is 5.19. The summed E-state index contributed by atoms with van der Waals surface area (Å²) in [6.45, 7) is 3.80. The maximum atomic E-state index is 13.9.